The average molecular weight is 641 g/mol. The maximum absolute atomic E-state index is 13.3. The summed E-state index contributed by atoms with van der Waals surface area (Å²) in [5.41, 5.74) is -0.531. The molecule has 0 fully saturated rings. The largest absolute Gasteiger partial charge is 0.452 e. The van der Waals surface area contributed by atoms with Crippen LogP contribution < -0.4 is 15.6 Å². The van der Waals surface area contributed by atoms with Crippen LogP contribution in [0.5, 0.6) is 0 Å². The van der Waals surface area contributed by atoms with Gasteiger partial charge in [0.05, 0.1) is 31.9 Å². The van der Waals surface area contributed by atoms with E-state index >= 15 is 0 Å². The summed E-state index contributed by atoms with van der Waals surface area (Å²) in [5.74, 6) is -2.03. The van der Waals surface area contributed by atoms with Gasteiger partial charge in [0, 0.05) is 7.05 Å². The first-order valence-electron chi connectivity index (χ1n) is 11.2. The molecule has 0 radical (unpaired) electrons. The van der Waals surface area contributed by atoms with Gasteiger partial charge in [0.15, 0.2) is 11.7 Å². The number of thiazole rings is 1. The highest BCUT2D eigenvalue weighted by Gasteiger charge is 2.27. The number of halogens is 2. The number of carbonyl (C=O) groups excluding carboxylic acids is 2. The van der Waals surface area contributed by atoms with Gasteiger partial charge in [0.25, 0.3) is 21.5 Å². The molecule has 0 aliphatic heterocycles. The zero-order valence-corrected chi connectivity index (χ0v) is 24.1. The second-order valence-electron chi connectivity index (χ2n) is 8.19. The lowest BCUT2D eigenvalue weighted by atomic mass is 10.2. The Morgan fingerprint density at radius 1 is 1.17 bits per heavy atom. The van der Waals surface area contributed by atoms with Gasteiger partial charge in [-0.1, -0.05) is 41.4 Å². The topological polar surface area (TPSA) is 185 Å². The minimum absolute atomic E-state index is 0.0933. The van der Waals surface area contributed by atoms with Crippen LogP contribution in [0.2, 0.25) is 10.0 Å². The lowest BCUT2D eigenvalue weighted by Crippen LogP contribution is -2.23. The molecule has 14 nitrogen and oxygen atoms in total. The van der Waals surface area contributed by atoms with Crippen molar-refractivity contribution in [2.24, 2.45) is 7.05 Å². The first-order chi connectivity index (χ1) is 19.3. The van der Waals surface area contributed by atoms with Crippen molar-refractivity contribution in [1.29, 1.82) is 0 Å². The van der Waals surface area contributed by atoms with Gasteiger partial charge in [-0.2, -0.15) is 0 Å². The molecular formula is C23H18Cl2N6O8S2. The summed E-state index contributed by atoms with van der Waals surface area (Å²) in [7, 11) is -2.96. The van der Waals surface area contributed by atoms with E-state index in [9.17, 15) is 32.9 Å². The SMILES string of the molecule is Cc1c(NS(=O)(=O)c2cc(C(=O)OCC(=O)Nc3ncc([N+](=O)[O-])s3)c(Cl)cc2Cl)c(=O)n(-c2ccccc2)n1C. The lowest BCUT2D eigenvalue weighted by molar-refractivity contribution is -0.380. The Morgan fingerprint density at radius 2 is 1.85 bits per heavy atom. The van der Waals surface area contributed by atoms with Crippen molar-refractivity contribution in [3.63, 3.8) is 0 Å². The number of hydrogen-bond acceptors (Lipinski definition) is 10. The minimum Gasteiger partial charge on any atom is -0.452 e. The normalized spacial score (nSPS) is 11.2. The third-order valence-electron chi connectivity index (χ3n) is 5.58. The molecule has 0 spiro atoms. The molecule has 41 heavy (non-hydrogen) atoms. The number of nitrogens with one attached hydrogen (secondary N) is 2. The molecule has 2 N–H and O–H groups in total. The van der Waals surface area contributed by atoms with E-state index in [1.165, 1.54) is 9.36 Å². The van der Waals surface area contributed by atoms with Gasteiger partial charge in [-0.25, -0.2) is 22.9 Å². The van der Waals surface area contributed by atoms with Gasteiger partial charge in [-0.05, 0) is 42.5 Å². The van der Waals surface area contributed by atoms with Crippen LogP contribution in [0.25, 0.3) is 5.69 Å². The summed E-state index contributed by atoms with van der Waals surface area (Å²) < 4.78 is 36.5. The molecule has 2 aromatic heterocycles. The van der Waals surface area contributed by atoms with Crippen molar-refractivity contribution >= 4 is 72.3 Å². The first kappa shape index (κ1) is 29.7. The molecule has 1 amide bonds. The number of carbonyl (C=O) groups is 2. The number of anilines is 2. The Kier molecular flexibility index (Phi) is 8.48. The van der Waals surface area contributed by atoms with Gasteiger partial charge in [-0.3, -0.25) is 34.4 Å². The third kappa shape index (κ3) is 6.25. The quantitative estimate of drug-likeness (QED) is 0.156. The van der Waals surface area contributed by atoms with Gasteiger partial charge in [0.2, 0.25) is 0 Å². The number of benzene rings is 2. The second-order valence-corrected chi connectivity index (χ2v) is 11.7. The van der Waals surface area contributed by atoms with Gasteiger partial charge in [-0.15, -0.1) is 0 Å². The zero-order valence-electron chi connectivity index (χ0n) is 21.0. The fourth-order valence-corrected chi connectivity index (χ4v) is 6.15. The fourth-order valence-electron chi connectivity index (χ4n) is 3.54. The predicted molar refractivity (Wildman–Crippen MR) is 151 cm³/mol. The molecular weight excluding hydrogens is 623 g/mol. The van der Waals surface area contributed by atoms with Crippen molar-refractivity contribution in [3.05, 3.63) is 90.4 Å². The second kappa shape index (κ2) is 11.7. The van der Waals surface area contributed by atoms with Crippen molar-refractivity contribution in [3.8, 4) is 5.69 Å². The van der Waals surface area contributed by atoms with E-state index in [0.29, 0.717) is 22.7 Å². The van der Waals surface area contributed by atoms with E-state index in [4.69, 9.17) is 27.9 Å². The molecule has 4 rings (SSSR count). The van der Waals surface area contributed by atoms with E-state index in [1.807, 2.05) is 0 Å². The summed E-state index contributed by atoms with van der Waals surface area (Å²) in [5, 5.41) is 12.0. The van der Waals surface area contributed by atoms with Gasteiger partial charge in [0.1, 0.15) is 16.8 Å². The van der Waals surface area contributed by atoms with Crippen LogP contribution in [0.1, 0.15) is 16.1 Å². The van der Waals surface area contributed by atoms with Crippen molar-refractivity contribution in [1.82, 2.24) is 14.3 Å². The number of para-hydroxylation sites is 1. The van der Waals surface area contributed by atoms with Crippen molar-refractivity contribution < 1.29 is 27.7 Å². The van der Waals surface area contributed by atoms with Crippen LogP contribution in [0, 0.1) is 17.0 Å². The maximum Gasteiger partial charge on any atom is 0.345 e. The first-order valence-corrected chi connectivity index (χ1v) is 14.3. The van der Waals surface area contributed by atoms with E-state index < -0.39 is 49.4 Å². The number of esters is 1. The molecule has 2 heterocycles. The van der Waals surface area contributed by atoms with Crippen LogP contribution in [-0.2, 0) is 26.6 Å². The fraction of sp³-hybridized carbons (Fsp3) is 0.130. The van der Waals surface area contributed by atoms with E-state index in [1.54, 1.807) is 44.3 Å². The maximum atomic E-state index is 13.3. The molecule has 0 aliphatic rings. The molecule has 0 atom stereocenters. The standard InChI is InChI=1S/C23H18Cl2N6O8S2/c1-12-20(21(33)30(29(12)2)13-6-4-3-5-7-13)28-41(37,38)17-8-14(15(24)9-16(17)25)22(34)39-11-18(32)27-23-26-10-19(40-23)31(35)36/h3-10,28H,11H2,1-2H3,(H,26,27,32). The summed E-state index contributed by atoms with van der Waals surface area (Å²) in [6.07, 6.45) is 0.948. The number of sulfonamides is 1. The Bertz CT molecular complexity index is 1850. The number of rotatable bonds is 9. The zero-order chi connectivity index (χ0) is 30.1. The van der Waals surface area contributed by atoms with E-state index in [-0.39, 0.29) is 25.9 Å². The number of nitro groups is 1. The molecule has 0 unspecified atom stereocenters. The van der Waals surface area contributed by atoms with Gasteiger partial charge < -0.3 is 4.74 Å². The number of ether oxygens (including phenoxy) is 1. The van der Waals surface area contributed by atoms with Gasteiger partial charge >= 0.3 is 11.0 Å². The summed E-state index contributed by atoms with van der Waals surface area (Å²) >= 11 is 12.8. The molecule has 214 valence electrons. The number of amides is 1. The Hall–Kier alpha value is -4.25. The third-order valence-corrected chi connectivity index (χ3v) is 8.57. The predicted octanol–water partition coefficient (Wildman–Crippen LogP) is 3.75. The molecule has 0 bridgehead atoms. The molecule has 2 aromatic carbocycles. The van der Waals surface area contributed by atoms with Crippen LogP contribution in [0.15, 0.2) is 58.4 Å². The monoisotopic (exact) mass is 640 g/mol. The highest BCUT2D eigenvalue weighted by molar-refractivity contribution is 7.92. The van der Waals surface area contributed by atoms with Crippen LogP contribution in [0.4, 0.5) is 15.8 Å². The Labute approximate surface area is 245 Å². The Morgan fingerprint density at radius 3 is 2.49 bits per heavy atom. The van der Waals surface area contributed by atoms with Crippen LogP contribution in [0.3, 0.4) is 0 Å². The molecule has 0 aliphatic carbocycles. The molecule has 4 aromatic rings. The highest BCUT2D eigenvalue weighted by atomic mass is 35.5. The number of nitrogens with zero attached hydrogens (tertiary/aromatic N) is 4. The molecule has 0 saturated heterocycles. The summed E-state index contributed by atoms with van der Waals surface area (Å²) in [4.78, 5) is 51.1. The average Bonchev–Trinajstić information content (AvgIpc) is 3.46. The smallest absolute Gasteiger partial charge is 0.345 e. The number of aromatic nitrogens is 3. The van der Waals surface area contributed by atoms with E-state index in [0.717, 1.165) is 18.3 Å². The summed E-state index contributed by atoms with van der Waals surface area (Å²) in [6.45, 7) is 0.702. The molecule has 0 saturated carbocycles. The highest BCUT2D eigenvalue weighted by Crippen LogP contribution is 2.31. The van der Waals surface area contributed by atoms with Crippen molar-refractivity contribution in [2.45, 2.75) is 11.8 Å². The Balaban J connectivity index is 1.55. The summed E-state index contributed by atoms with van der Waals surface area (Å²) in [6, 6.07) is 10.4. The number of hydrogen-bond donors (Lipinski definition) is 2. The molecule has 18 heteroatoms. The van der Waals surface area contributed by atoms with E-state index in [2.05, 4.69) is 15.0 Å². The van der Waals surface area contributed by atoms with Crippen LogP contribution >= 0.6 is 34.5 Å². The van der Waals surface area contributed by atoms with Crippen molar-refractivity contribution in [2.75, 3.05) is 16.6 Å². The minimum atomic E-state index is -4.54. The lowest BCUT2D eigenvalue weighted by Gasteiger charge is -2.12. The van der Waals surface area contributed by atoms with Crippen LogP contribution in [-0.4, -0.2) is 46.2 Å².